The molecular weight excluding hydrogens is 422 g/mol. The molecule has 1 aliphatic heterocycles. The zero-order valence-electron chi connectivity index (χ0n) is 20.3. The van der Waals surface area contributed by atoms with Crippen molar-refractivity contribution in [2.24, 2.45) is 0 Å². The van der Waals surface area contributed by atoms with Crippen molar-refractivity contribution >= 4 is 22.6 Å². The quantitative estimate of drug-likeness (QED) is 0.423. The van der Waals surface area contributed by atoms with E-state index in [0.29, 0.717) is 18.7 Å². The average molecular weight is 454 g/mol. The molecule has 0 unspecified atom stereocenters. The Bertz CT molecular complexity index is 1330. The number of rotatable bonds is 4. The molecule has 0 spiro atoms. The Hall–Kier alpha value is -3.67. The van der Waals surface area contributed by atoms with Gasteiger partial charge in [0.2, 0.25) is 0 Å². The number of aryl methyl sites for hydroxylation is 1. The molecule has 6 heteroatoms. The number of pyridine rings is 1. The van der Waals surface area contributed by atoms with Crippen molar-refractivity contribution in [3.05, 3.63) is 77.5 Å². The van der Waals surface area contributed by atoms with Crippen LogP contribution in [0.4, 0.5) is 5.69 Å². The number of hydrogen-bond donors (Lipinski definition) is 0. The first-order valence-electron chi connectivity index (χ1n) is 12.0. The molecule has 0 saturated carbocycles. The van der Waals surface area contributed by atoms with Gasteiger partial charge in [0.25, 0.3) is 5.91 Å². The lowest BCUT2D eigenvalue weighted by molar-refractivity contribution is 0.0748. The maximum atomic E-state index is 13.8. The zero-order valence-corrected chi connectivity index (χ0v) is 20.3. The molecule has 1 saturated heterocycles. The molecule has 0 N–H and O–H groups in total. The van der Waals surface area contributed by atoms with E-state index in [1.165, 1.54) is 16.8 Å². The normalized spacial score (nSPS) is 14.3. The third-order valence-corrected chi connectivity index (χ3v) is 6.84. The molecule has 34 heavy (non-hydrogen) atoms. The number of fused-ring (bicyclic) bond motifs is 1. The summed E-state index contributed by atoms with van der Waals surface area (Å²) in [4.78, 5) is 23.0. The lowest BCUT2D eigenvalue weighted by Crippen LogP contribution is -2.49. The van der Waals surface area contributed by atoms with Crippen LogP contribution >= 0.6 is 0 Å². The average Bonchev–Trinajstić information content (AvgIpc) is 3.30. The van der Waals surface area contributed by atoms with Gasteiger partial charge in [0.1, 0.15) is 0 Å². The van der Waals surface area contributed by atoms with Crippen molar-refractivity contribution in [3.63, 3.8) is 0 Å². The number of hydrogen-bond acceptors (Lipinski definition) is 4. The van der Waals surface area contributed by atoms with Gasteiger partial charge in [-0.2, -0.15) is 5.10 Å². The zero-order chi connectivity index (χ0) is 23.8. The Labute approximate surface area is 200 Å². The second-order valence-corrected chi connectivity index (χ2v) is 9.34. The van der Waals surface area contributed by atoms with Gasteiger partial charge >= 0.3 is 0 Å². The first kappa shape index (κ1) is 22.1. The first-order chi connectivity index (χ1) is 16.4. The predicted octanol–water partition coefficient (Wildman–Crippen LogP) is 5.26. The van der Waals surface area contributed by atoms with Crippen LogP contribution in [0.2, 0.25) is 0 Å². The Morgan fingerprint density at radius 2 is 1.68 bits per heavy atom. The summed E-state index contributed by atoms with van der Waals surface area (Å²) in [6.45, 7) is 11.5. The van der Waals surface area contributed by atoms with E-state index >= 15 is 0 Å². The van der Waals surface area contributed by atoms with Crippen LogP contribution in [0.3, 0.4) is 0 Å². The predicted molar refractivity (Wildman–Crippen MR) is 137 cm³/mol. The smallest absolute Gasteiger partial charge is 0.254 e. The Balaban J connectivity index is 1.47. The van der Waals surface area contributed by atoms with Gasteiger partial charge in [-0.1, -0.05) is 42.5 Å². The van der Waals surface area contributed by atoms with Crippen molar-refractivity contribution in [1.29, 1.82) is 0 Å². The van der Waals surface area contributed by atoms with E-state index in [1.54, 1.807) is 6.20 Å². The number of carbonyl (C=O) groups is 1. The molecule has 2 aromatic carbocycles. The maximum absolute atomic E-state index is 13.8. The second kappa shape index (κ2) is 8.93. The summed E-state index contributed by atoms with van der Waals surface area (Å²) in [6, 6.07) is 18.6. The van der Waals surface area contributed by atoms with E-state index in [0.717, 1.165) is 35.4 Å². The number of benzene rings is 2. The van der Waals surface area contributed by atoms with Gasteiger partial charge in [-0.15, -0.1) is 0 Å². The van der Waals surface area contributed by atoms with Gasteiger partial charge in [0.05, 0.1) is 22.8 Å². The topological polar surface area (TPSA) is 54.3 Å². The van der Waals surface area contributed by atoms with E-state index in [-0.39, 0.29) is 11.9 Å². The van der Waals surface area contributed by atoms with Gasteiger partial charge in [0.15, 0.2) is 5.65 Å². The largest absolute Gasteiger partial charge is 0.368 e. The Morgan fingerprint density at radius 1 is 0.941 bits per heavy atom. The minimum atomic E-state index is 0.0495. The minimum Gasteiger partial charge on any atom is -0.368 e. The van der Waals surface area contributed by atoms with Gasteiger partial charge in [-0.3, -0.25) is 4.79 Å². The van der Waals surface area contributed by atoms with Crippen molar-refractivity contribution in [2.45, 2.75) is 33.7 Å². The first-order valence-corrected chi connectivity index (χ1v) is 12.0. The molecule has 1 fully saturated rings. The third-order valence-electron chi connectivity index (χ3n) is 6.84. The summed E-state index contributed by atoms with van der Waals surface area (Å²) < 4.78 is 1.90. The fraction of sp³-hybridized carbons (Fsp3) is 0.321. The van der Waals surface area contributed by atoms with Gasteiger partial charge < -0.3 is 9.80 Å². The van der Waals surface area contributed by atoms with Crippen LogP contribution in [-0.2, 0) is 0 Å². The lowest BCUT2D eigenvalue weighted by Gasteiger charge is -2.37. The van der Waals surface area contributed by atoms with E-state index in [4.69, 9.17) is 4.98 Å². The van der Waals surface area contributed by atoms with E-state index in [1.807, 2.05) is 46.0 Å². The highest BCUT2D eigenvalue weighted by Crippen LogP contribution is 2.28. The van der Waals surface area contributed by atoms with Crippen LogP contribution in [-0.4, -0.2) is 51.8 Å². The molecule has 1 aliphatic rings. The Kier molecular flexibility index (Phi) is 5.82. The summed E-state index contributed by atoms with van der Waals surface area (Å²) >= 11 is 0. The molecular formula is C28H31N5O. The van der Waals surface area contributed by atoms with Crippen LogP contribution in [0.15, 0.2) is 60.8 Å². The van der Waals surface area contributed by atoms with E-state index < -0.39 is 0 Å². The molecule has 1 amide bonds. The molecule has 0 atom stereocenters. The number of aromatic nitrogens is 3. The molecule has 5 rings (SSSR count). The summed E-state index contributed by atoms with van der Waals surface area (Å²) in [5.74, 6) is 0.0495. The van der Waals surface area contributed by atoms with Crippen molar-refractivity contribution in [2.75, 3.05) is 31.1 Å². The number of amides is 1. The molecule has 6 nitrogen and oxygen atoms in total. The monoisotopic (exact) mass is 453 g/mol. The highest BCUT2D eigenvalue weighted by atomic mass is 16.2. The lowest BCUT2D eigenvalue weighted by atomic mass is 10.0. The summed E-state index contributed by atoms with van der Waals surface area (Å²) in [5, 5.41) is 5.38. The fourth-order valence-corrected chi connectivity index (χ4v) is 4.73. The SMILES string of the molecule is Cc1cccc(N2CCN(C(=O)c3cc(-c4ccccc4)nc4c3cnn4C(C)C)CC2)c1C. The van der Waals surface area contributed by atoms with E-state index in [9.17, 15) is 4.79 Å². The van der Waals surface area contributed by atoms with Crippen molar-refractivity contribution in [3.8, 4) is 11.3 Å². The highest BCUT2D eigenvalue weighted by Gasteiger charge is 2.26. The molecule has 4 aromatic rings. The molecule has 3 heterocycles. The van der Waals surface area contributed by atoms with Gasteiger partial charge in [-0.05, 0) is 51.0 Å². The number of nitrogens with zero attached hydrogens (tertiary/aromatic N) is 5. The number of carbonyl (C=O) groups excluding carboxylic acids is 1. The second-order valence-electron chi connectivity index (χ2n) is 9.34. The van der Waals surface area contributed by atoms with Gasteiger partial charge in [-0.25, -0.2) is 9.67 Å². The summed E-state index contributed by atoms with van der Waals surface area (Å²) in [5.41, 5.74) is 7.10. The van der Waals surface area contributed by atoms with Crippen molar-refractivity contribution in [1.82, 2.24) is 19.7 Å². The Morgan fingerprint density at radius 3 is 2.38 bits per heavy atom. The number of piperazine rings is 1. The van der Waals surface area contributed by atoms with Gasteiger partial charge in [0, 0.05) is 43.5 Å². The van der Waals surface area contributed by atoms with E-state index in [2.05, 4.69) is 55.9 Å². The van der Waals surface area contributed by atoms with Crippen LogP contribution in [0.25, 0.3) is 22.3 Å². The summed E-state index contributed by atoms with van der Waals surface area (Å²) in [6.07, 6.45) is 1.79. The molecule has 2 aromatic heterocycles. The third kappa shape index (κ3) is 3.94. The standard InChI is InChI=1S/C28H31N5O/c1-19(2)33-27-24(18-29-33)23(17-25(30-27)22-10-6-5-7-11-22)28(34)32-15-13-31(14-16-32)26-12-8-9-20(3)21(26)4/h5-12,17-19H,13-16H2,1-4H3. The van der Waals surface area contributed by atoms with Crippen LogP contribution in [0.1, 0.15) is 41.4 Å². The van der Waals surface area contributed by atoms with Crippen LogP contribution in [0, 0.1) is 13.8 Å². The fourth-order valence-electron chi connectivity index (χ4n) is 4.73. The number of anilines is 1. The van der Waals surface area contributed by atoms with Crippen LogP contribution in [0.5, 0.6) is 0 Å². The minimum absolute atomic E-state index is 0.0495. The van der Waals surface area contributed by atoms with Crippen LogP contribution < -0.4 is 4.90 Å². The maximum Gasteiger partial charge on any atom is 0.254 e. The van der Waals surface area contributed by atoms with Crippen molar-refractivity contribution < 1.29 is 4.79 Å². The molecule has 174 valence electrons. The molecule has 0 bridgehead atoms. The highest BCUT2D eigenvalue weighted by molar-refractivity contribution is 6.06. The molecule has 0 aliphatic carbocycles. The summed E-state index contributed by atoms with van der Waals surface area (Å²) in [7, 11) is 0. The molecule has 0 radical (unpaired) electrons.